The molecule has 1 aliphatic heterocycles. The second kappa shape index (κ2) is 7.76. The molecule has 0 radical (unpaired) electrons. The van der Waals surface area contributed by atoms with Gasteiger partial charge in [0.1, 0.15) is 5.54 Å². The number of hydrogen-bond donors (Lipinski definition) is 1. The lowest BCUT2D eigenvalue weighted by Gasteiger charge is -2.23. The highest BCUT2D eigenvalue weighted by molar-refractivity contribution is 5.02. The SMILES string of the molecule is CNC(C)(C#N)CCCCN1CCCC(C)CC1. The van der Waals surface area contributed by atoms with Gasteiger partial charge in [-0.2, -0.15) is 5.26 Å². The van der Waals surface area contributed by atoms with Gasteiger partial charge in [-0.05, 0) is 78.0 Å². The Hall–Kier alpha value is -0.590. The lowest BCUT2D eigenvalue weighted by Crippen LogP contribution is -2.38. The average molecular weight is 251 g/mol. The van der Waals surface area contributed by atoms with Crippen LogP contribution in [-0.4, -0.2) is 37.1 Å². The van der Waals surface area contributed by atoms with Crippen LogP contribution in [0.3, 0.4) is 0 Å². The summed E-state index contributed by atoms with van der Waals surface area (Å²) in [6, 6.07) is 2.36. The van der Waals surface area contributed by atoms with Gasteiger partial charge in [0.15, 0.2) is 0 Å². The fourth-order valence-electron chi connectivity index (χ4n) is 2.60. The number of nitrogens with one attached hydrogen (secondary N) is 1. The van der Waals surface area contributed by atoms with Crippen molar-refractivity contribution in [3.8, 4) is 6.07 Å². The van der Waals surface area contributed by atoms with E-state index in [2.05, 4.69) is 23.2 Å². The predicted molar refractivity (Wildman–Crippen MR) is 76.4 cm³/mol. The minimum Gasteiger partial charge on any atom is -0.303 e. The minimum absolute atomic E-state index is 0.340. The van der Waals surface area contributed by atoms with Crippen LogP contribution in [0, 0.1) is 17.2 Å². The van der Waals surface area contributed by atoms with E-state index in [1.54, 1.807) is 0 Å². The topological polar surface area (TPSA) is 39.1 Å². The van der Waals surface area contributed by atoms with Crippen molar-refractivity contribution in [2.45, 2.75) is 57.9 Å². The Balaban J connectivity index is 2.16. The number of hydrogen-bond acceptors (Lipinski definition) is 3. The van der Waals surface area contributed by atoms with Crippen LogP contribution < -0.4 is 5.32 Å². The number of nitriles is 1. The Kier molecular flexibility index (Phi) is 6.67. The Labute approximate surface area is 113 Å². The van der Waals surface area contributed by atoms with Crippen molar-refractivity contribution in [3.63, 3.8) is 0 Å². The summed E-state index contributed by atoms with van der Waals surface area (Å²) in [4.78, 5) is 2.60. The number of likely N-dealkylation sites (tertiary alicyclic amines) is 1. The zero-order valence-electron chi connectivity index (χ0n) is 12.3. The van der Waals surface area contributed by atoms with E-state index >= 15 is 0 Å². The van der Waals surface area contributed by atoms with Gasteiger partial charge in [-0.1, -0.05) is 6.92 Å². The maximum atomic E-state index is 9.08. The third-order valence-corrected chi connectivity index (χ3v) is 4.31. The second-order valence-corrected chi connectivity index (χ2v) is 6.03. The molecule has 0 aromatic carbocycles. The maximum Gasteiger partial charge on any atom is 0.103 e. The van der Waals surface area contributed by atoms with Gasteiger partial charge in [-0.3, -0.25) is 0 Å². The molecule has 0 spiro atoms. The largest absolute Gasteiger partial charge is 0.303 e. The molecule has 104 valence electrons. The number of nitrogens with zero attached hydrogens (tertiary/aromatic N) is 2. The average Bonchev–Trinajstić information content (AvgIpc) is 2.59. The van der Waals surface area contributed by atoms with Gasteiger partial charge in [-0.25, -0.2) is 0 Å². The molecule has 1 aliphatic rings. The van der Waals surface area contributed by atoms with Crippen molar-refractivity contribution < 1.29 is 0 Å². The number of rotatable bonds is 6. The van der Waals surface area contributed by atoms with Crippen molar-refractivity contribution in [1.29, 1.82) is 5.26 Å². The van der Waals surface area contributed by atoms with Gasteiger partial charge in [0.25, 0.3) is 0 Å². The molecule has 0 aromatic heterocycles. The van der Waals surface area contributed by atoms with E-state index in [1.165, 1.54) is 45.3 Å². The van der Waals surface area contributed by atoms with Gasteiger partial charge in [-0.15, -0.1) is 0 Å². The third kappa shape index (κ3) is 5.37. The minimum atomic E-state index is -0.340. The van der Waals surface area contributed by atoms with Crippen molar-refractivity contribution >= 4 is 0 Å². The first-order valence-electron chi connectivity index (χ1n) is 7.42. The van der Waals surface area contributed by atoms with E-state index in [0.29, 0.717) is 0 Å². The monoisotopic (exact) mass is 251 g/mol. The summed E-state index contributed by atoms with van der Waals surface area (Å²) in [5.74, 6) is 0.904. The van der Waals surface area contributed by atoms with Crippen LogP contribution in [0.1, 0.15) is 52.4 Å². The highest BCUT2D eigenvalue weighted by Crippen LogP contribution is 2.17. The molecule has 3 heteroatoms. The highest BCUT2D eigenvalue weighted by atomic mass is 15.1. The normalized spacial score (nSPS) is 25.1. The molecule has 1 saturated heterocycles. The highest BCUT2D eigenvalue weighted by Gasteiger charge is 2.20. The molecule has 0 aliphatic carbocycles. The molecule has 0 bridgehead atoms. The molecule has 2 unspecified atom stereocenters. The van der Waals surface area contributed by atoms with E-state index in [-0.39, 0.29) is 5.54 Å². The molecule has 0 amide bonds. The molecule has 1 fully saturated rings. The molecule has 3 nitrogen and oxygen atoms in total. The van der Waals surface area contributed by atoms with Crippen LogP contribution in [0.15, 0.2) is 0 Å². The Morgan fingerprint density at radius 3 is 2.78 bits per heavy atom. The van der Waals surface area contributed by atoms with Gasteiger partial charge in [0.2, 0.25) is 0 Å². The molecule has 1 heterocycles. The summed E-state index contributed by atoms with van der Waals surface area (Å²) in [5, 5.41) is 12.2. The van der Waals surface area contributed by atoms with Crippen LogP contribution in [0.4, 0.5) is 0 Å². The predicted octanol–water partition coefficient (Wildman–Crippen LogP) is 2.78. The third-order valence-electron chi connectivity index (χ3n) is 4.31. The van der Waals surface area contributed by atoms with Gasteiger partial charge in [0, 0.05) is 0 Å². The molecule has 0 saturated carbocycles. The van der Waals surface area contributed by atoms with Crippen LogP contribution >= 0.6 is 0 Å². The molecule has 0 aromatic rings. The zero-order valence-corrected chi connectivity index (χ0v) is 12.3. The van der Waals surface area contributed by atoms with Gasteiger partial charge in [0.05, 0.1) is 6.07 Å². The summed E-state index contributed by atoms with van der Waals surface area (Å²) < 4.78 is 0. The molecule has 1 N–H and O–H groups in total. The summed E-state index contributed by atoms with van der Waals surface area (Å²) in [6.45, 7) is 8.10. The first-order valence-corrected chi connectivity index (χ1v) is 7.42. The summed E-state index contributed by atoms with van der Waals surface area (Å²) in [7, 11) is 1.87. The van der Waals surface area contributed by atoms with Gasteiger partial charge < -0.3 is 10.2 Å². The molecular weight excluding hydrogens is 222 g/mol. The van der Waals surface area contributed by atoms with Crippen LogP contribution in [0.25, 0.3) is 0 Å². The first kappa shape index (κ1) is 15.5. The van der Waals surface area contributed by atoms with Crippen molar-refractivity contribution in [3.05, 3.63) is 0 Å². The lowest BCUT2D eigenvalue weighted by molar-refractivity contribution is 0.271. The Morgan fingerprint density at radius 2 is 2.11 bits per heavy atom. The van der Waals surface area contributed by atoms with Crippen LogP contribution in [0.2, 0.25) is 0 Å². The lowest BCUT2D eigenvalue weighted by atomic mass is 9.97. The fourth-order valence-corrected chi connectivity index (χ4v) is 2.60. The number of unbranched alkanes of at least 4 members (excludes halogenated alkanes) is 1. The first-order chi connectivity index (χ1) is 8.59. The van der Waals surface area contributed by atoms with Crippen molar-refractivity contribution in [2.24, 2.45) is 5.92 Å². The summed E-state index contributed by atoms with van der Waals surface area (Å²) in [5.41, 5.74) is -0.340. The van der Waals surface area contributed by atoms with E-state index < -0.39 is 0 Å². The van der Waals surface area contributed by atoms with Crippen LogP contribution in [-0.2, 0) is 0 Å². The molecular formula is C15H29N3. The Morgan fingerprint density at radius 1 is 1.33 bits per heavy atom. The van der Waals surface area contributed by atoms with Crippen molar-refractivity contribution in [1.82, 2.24) is 10.2 Å². The fraction of sp³-hybridized carbons (Fsp3) is 0.933. The standard InChI is InChI=1S/C15H29N3/c1-14-7-6-11-18(12-8-14)10-5-4-9-15(2,13-16)17-3/h14,17H,4-12H2,1-3H3. The molecule has 2 atom stereocenters. The Bertz CT molecular complexity index is 271. The molecule has 1 rings (SSSR count). The van der Waals surface area contributed by atoms with Gasteiger partial charge >= 0.3 is 0 Å². The second-order valence-electron chi connectivity index (χ2n) is 6.03. The van der Waals surface area contributed by atoms with Crippen LogP contribution in [0.5, 0.6) is 0 Å². The summed E-state index contributed by atoms with van der Waals surface area (Å²) in [6.07, 6.45) is 7.40. The van der Waals surface area contributed by atoms with E-state index in [4.69, 9.17) is 5.26 Å². The zero-order chi connectivity index (χ0) is 13.4. The quantitative estimate of drug-likeness (QED) is 0.738. The molecule has 18 heavy (non-hydrogen) atoms. The smallest absolute Gasteiger partial charge is 0.103 e. The van der Waals surface area contributed by atoms with E-state index in [1.807, 2.05) is 14.0 Å². The summed E-state index contributed by atoms with van der Waals surface area (Å²) >= 11 is 0. The van der Waals surface area contributed by atoms with E-state index in [0.717, 1.165) is 18.8 Å². The van der Waals surface area contributed by atoms with E-state index in [9.17, 15) is 0 Å². The maximum absolute atomic E-state index is 9.08. The van der Waals surface area contributed by atoms with Crippen molar-refractivity contribution in [2.75, 3.05) is 26.7 Å².